The number of nitrogens with zero attached hydrogens (tertiary/aromatic N) is 2. The molecule has 162 valence electrons. The zero-order valence-corrected chi connectivity index (χ0v) is 18.9. The van der Waals surface area contributed by atoms with Crippen LogP contribution >= 0.6 is 11.6 Å². The predicted octanol–water partition coefficient (Wildman–Crippen LogP) is 3.16. The van der Waals surface area contributed by atoms with E-state index < -0.39 is 10.0 Å². The Morgan fingerprint density at radius 2 is 1.83 bits per heavy atom. The number of carbonyl (C=O) groups excluding carboxylic acids is 1. The van der Waals surface area contributed by atoms with Crippen molar-refractivity contribution in [2.45, 2.75) is 23.8 Å². The van der Waals surface area contributed by atoms with E-state index in [1.807, 2.05) is 44.4 Å². The van der Waals surface area contributed by atoms with Gasteiger partial charge in [-0.15, -0.1) is 0 Å². The van der Waals surface area contributed by atoms with Gasteiger partial charge >= 0.3 is 0 Å². The maximum atomic E-state index is 13.0. The SMILES string of the molecule is CN(C)C(CNC(=O)C1CCCN(S(=O)(=O)c2ccc(Cl)cc2)C1)c1ccccc1. The Bertz CT molecular complexity index is 949. The second kappa shape index (κ2) is 9.92. The molecule has 0 aliphatic carbocycles. The van der Waals surface area contributed by atoms with Gasteiger partial charge in [-0.1, -0.05) is 41.9 Å². The van der Waals surface area contributed by atoms with Crippen LogP contribution in [0.3, 0.4) is 0 Å². The molecule has 2 aromatic carbocycles. The molecule has 3 rings (SSSR count). The summed E-state index contributed by atoms with van der Waals surface area (Å²) in [7, 11) is 0.308. The average molecular weight is 450 g/mol. The standard InChI is InChI=1S/C22H28ClN3O3S/c1-25(2)21(17-7-4-3-5-8-17)15-24-22(27)18-9-6-14-26(16-18)30(28,29)20-12-10-19(23)11-13-20/h3-5,7-8,10-13,18,21H,6,9,14-16H2,1-2H3,(H,24,27). The van der Waals surface area contributed by atoms with Crippen LogP contribution in [0, 0.1) is 5.92 Å². The summed E-state index contributed by atoms with van der Waals surface area (Å²) in [6.45, 7) is 1.07. The Kier molecular flexibility index (Phi) is 7.52. The molecule has 1 N–H and O–H groups in total. The third kappa shape index (κ3) is 5.40. The second-order valence-corrected chi connectivity index (χ2v) is 10.2. The van der Waals surface area contributed by atoms with Crippen molar-refractivity contribution in [2.75, 3.05) is 33.7 Å². The highest BCUT2D eigenvalue weighted by atomic mass is 35.5. The Morgan fingerprint density at radius 1 is 1.17 bits per heavy atom. The lowest BCUT2D eigenvalue weighted by Gasteiger charge is -2.32. The van der Waals surface area contributed by atoms with Crippen molar-refractivity contribution in [3.05, 3.63) is 65.2 Å². The molecular weight excluding hydrogens is 422 g/mol. The smallest absolute Gasteiger partial charge is 0.243 e. The molecule has 2 atom stereocenters. The Morgan fingerprint density at radius 3 is 2.47 bits per heavy atom. The molecule has 0 spiro atoms. The molecule has 0 aromatic heterocycles. The van der Waals surface area contributed by atoms with Crippen LogP contribution in [0.4, 0.5) is 0 Å². The third-order valence-corrected chi connectivity index (χ3v) is 7.62. The van der Waals surface area contributed by atoms with Crippen molar-refractivity contribution in [1.29, 1.82) is 0 Å². The first-order chi connectivity index (χ1) is 14.3. The highest BCUT2D eigenvalue weighted by Crippen LogP contribution is 2.25. The van der Waals surface area contributed by atoms with Crippen LogP contribution in [0.15, 0.2) is 59.5 Å². The number of piperidine rings is 1. The molecule has 8 heteroatoms. The van der Waals surface area contributed by atoms with Crippen molar-refractivity contribution in [3.63, 3.8) is 0 Å². The van der Waals surface area contributed by atoms with Crippen LogP contribution in [0.5, 0.6) is 0 Å². The minimum absolute atomic E-state index is 0.0487. The molecule has 1 saturated heterocycles. The van der Waals surface area contributed by atoms with E-state index in [2.05, 4.69) is 10.2 Å². The van der Waals surface area contributed by atoms with Gasteiger partial charge in [-0.2, -0.15) is 4.31 Å². The van der Waals surface area contributed by atoms with Gasteiger partial charge in [-0.25, -0.2) is 8.42 Å². The molecule has 0 radical (unpaired) electrons. The highest BCUT2D eigenvalue weighted by molar-refractivity contribution is 7.89. The molecule has 0 bridgehead atoms. The number of nitrogens with one attached hydrogen (secondary N) is 1. The van der Waals surface area contributed by atoms with Gasteiger partial charge in [0.25, 0.3) is 0 Å². The summed E-state index contributed by atoms with van der Waals surface area (Å²) in [6, 6.07) is 16.2. The maximum absolute atomic E-state index is 13.0. The number of sulfonamides is 1. The molecule has 30 heavy (non-hydrogen) atoms. The van der Waals surface area contributed by atoms with Gasteiger partial charge in [-0.05, 0) is 56.8 Å². The largest absolute Gasteiger partial charge is 0.354 e. The Labute approximate surface area is 183 Å². The molecule has 2 unspecified atom stereocenters. The van der Waals surface area contributed by atoms with Crippen LogP contribution < -0.4 is 5.32 Å². The number of halogens is 1. The van der Waals surface area contributed by atoms with E-state index in [4.69, 9.17) is 11.6 Å². The van der Waals surface area contributed by atoms with Crippen LogP contribution in [0.1, 0.15) is 24.4 Å². The van der Waals surface area contributed by atoms with Gasteiger partial charge in [0.15, 0.2) is 0 Å². The van der Waals surface area contributed by atoms with Crippen LogP contribution in [0.25, 0.3) is 0 Å². The summed E-state index contributed by atoms with van der Waals surface area (Å²) in [5, 5.41) is 3.52. The predicted molar refractivity (Wildman–Crippen MR) is 119 cm³/mol. The number of hydrogen-bond acceptors (Lipinski definition) is 4. The van der Waals surface area contributed by atoms with Crippen LogP contribution in [0.2, 0.25) is 5.02 Å². The zero-order chi connectivity index (χ0) is 21.7. The summed E-state index contributed by atoms with van der Waals surface area (Å²) in [5.74, 6) is -0.465. The fraction of sp³-hybridized carbons (Fsp3) is 0.409. The van der Waals surface area contributed by atoms with Crippen molar-refractivity contribution in [3.8, 4) is 0 Å². The van der Waals surface area contributed by atoms with Gasteiger partial charge in [0.1, 0.15) is 0 Å². The lowest BCUT2D eigenvalue weighted by Crippen LogP contribution is -2.46. The van der Waals surface area contributed by atoms with Gasteiger partial charge in [0.2, 0.25) is 15.9 Å². The fourth-order valence-electron chi connectivity index (χ4n) is 3.75. The number of carbonyl (C=O) groups is 1. The quantitative estimate of drug-likeness (QED) is 0.704. The van der Waals surface area contributed by atoms with E-state index in [1.54, 1.807) is 12.1 Å². The lowest BCUT2D eigenvalue weighted by molar-refractivity contribution is -0.126. The minimum Gasteiger partial charge on any atom is -0.354 e. The van der Waals surface area contributed by atoms with E-state index in [-0.39, 0.29) is 29.3 Å². The number of rotatable bonds is 7. The monoisotopic (exact) mass is 449 g/mol. The lowest BCUT2D eigenvalue weighted by atomic mass is 9.98. The molecule has 0 saturated carbocycles. The van der Waals surface area contributed by atoms with E-state index >= 15 is 0 Å². The van der Waals surface area contributed by atoms with E-state index in [1.165, 1.54) is 16.4 Å². The number of likely N-dealkylation sites (N-methyl/N-ethyl adjacent to an activating group) is 1. The maximum Gasteiger partial charge on any atom is 0.243 e. The summed E-state index contributed by atoms with van der Waals surface area (Å²) in [6.07, 6.45) is 1.33. The highest BCUT2D eigenvalue weighted by Gasteiger charge is 2.33. The molecular formula is C22H28ClN3O3S. The van der Waals surface area contributed by atoms with E-state index in [0.717, 1.165) is 5.56 Å². The number of benzene rings is 2. The first-order valence-corrected chi connectivity index (χ1v) is 11.9. The van der Waals surface area contributed by atoms with Crippen molar-refractivity contribution < 1.29 is 13.2 Å². The van der Waals surface area contributed by atoms with Gasteiger partial charge in [-0.3, -0.25) is 4.79 Å². The van der Waals surface area contributed by atoms with Gasteiger partial charge in [0, 0.05) is 24.7 Å². The summed E-state index contributed by atoms with van der Waals surface area (Å²) >= 11 is 5.87. The number of amides is 1. The van der Waals surface area contributed by atoms with Crippen molar-refractivity contribution >= 4 is 27.5 Å². The fourth-order valence-corrected chi connectivity index (χ4v) is 5.40. The molecule has 1 heterocycles. The van der Waals surface area contributed by atoms with Crippen molar-refractivity contribution in [2.24, 2.45) is 5.92 Å². The average Bonchev–Trinajstić information content (AvgIpc) is 2.74. The van der Waals surface area contributed by atoms with Crippen LogP contribution in [-0.2, 0) is 14.8 Å². The van der Waals surface area contributed by atoms with Crippen molar-refractivity contribution in [1.82, 2.24) is 14.5 Å². The molecule has 1 fully saturated rings. The summed E-state index contributed by atoms with van der Waals surface area (Å²) in [4.78, 5) is 15.1. The van der Waals surface area contributed by atoms with Gasteiger partial charge < -0.3 is 10.2 Å². The third-order valence-electron chi connectivity index (χ3n) is 5.48. The second-order valence-electron chi connectivity index (χ2n) is 7.79. The molecule has 1 amide bonds. The first kappa shape index (κ1) is 22.7. The van der Waals surface area contributed by atoms with Crippen LogP contribution in [-0.4, -0.2) is 57.3 Å². The molecule has 1 aliphatic rings. The topological polar surface area (TPSA) is 69.7 Å². The first-order valence-electron chi connectivity index (χ1n) is 10.0. The zero-order valence-electron chi connectivity index (χ0n) is 17.3. The molecule has 1 aliphatic heterocycles. The van der Waals surface area contributed by atoms with E-state index in [9.17, 15) is 13.2 Å². The molecule has 6 nitrogen and oxygen atoms in total. The van der Waals surface area contributed by atoms with Gasteiger partial charge in [0.05, 0.1) is 16.9 Å². The minimum atomic E-state index is -3.65. The Hall–Kier alpha value is -1.93. The molecule has 2 aromatic rings. The summed E-state index contributed by atoms with van der Waals surface area (Å²) < 4.78 is 27.3. The normalized spacial score (nSPS) is 18.9. The van der Waals surface area contributed by atoms with E-state index in [0.29, 0.717) is 31.0 Å². The Balaban J connectivity index is 1.64. The summed E-state index contributed by atoms with van der Waals surface area (Å²) in [5.41, 5.74) is 1.12. The number of hydrogen-bond donors (Lipinski definition) is 1.